The zero-order valence-electron chi connectivity index (χ0n) is 14.1. The van der Waals surface area contributed by atoms with Crippen LogP contribution >= 0.6 is 0 Å². The van der Waals surface area contributed by atoms with E-state index in [1.54, 1.807) is 6.92 Å². The molecule has 0 radical (unpaired) electrons. The number of ether oxygens (including phenoxy) is 2. The van der Waals surface area contributed by atoms with Crippen LogP contribution in [0.5, 0.6) is 5.75 Å². The molecule has 0 aliphatic carbocycles. The Morgan fingerprint density at radius 1 is 1.24 bits per heavy atom. The number of amides is 3. The molecule has 0 aromatic heterocycles. The lowest BCUT2D eigenvalue weighted by atomic mass is 10.2. The minimum Gasteiger partial charge on any atom is -0.495 e. The molecule has 1 aliphatic heterocycles. The van der Waals surface area contributed by atoms with Crippen LogP contribution in [0.4, 0.5) is 21.0 Å². The van der Waals surface area contributed by atoms with E-state index in [0.717, 1.165) is 0 Å². The van der Waals surface area contributed by atoms with Gasteiger partial charge in [0.05, 0.1) is 24.3 Å². The predicted molar refractivity (Wildman–Crippen MR) is 88.8 cm³/mol. The first-order valence-electron chi connectivity index (χ1n) is 7.76. The molecule has 2 rings (SSSR count). The number of anilines is 1. The number of nitrogens with zero attached hydrogens (tertiary/aromatic N) is 3. The highest BCUT2D eigenvalue weighted by molar-refractivity contribution is 5.91. The third-order valence-electron chi connectivity index (χ3n) is 3.73. The lowest BCUT2D eigenvalue weighted by molar-refractivity contribution is -0.384. The molecule has 0 unspecified atom stereocenters. The van der Waals surface area contributed by atoms with Crippen LogP contribution in [0.3, 0.4) is 0 Å². The van der Waals surface area contributed by atoms with Crippen molar-refractivity contribution in [2.24, 2.45) is 0 Å². The topological polar surface area (TPSA) is 114 Å². The van der Waals surface area contributed by atoms with Crippen molar-refractivity contribution in [2.45, 2.75) is 6.92 Å². The van der Waals surface area contributed by atoms with Crippen molar-refractivity contribution in [3.63, 3.8) is 0 Å². The van der Waals surface area contributed by atoms with Crippen LogP contribution < -0.4 is 10.1 Å². The van der Waals surface area contributed by atoms with Crippen LogP contribution in [0.15, 0.2) is 18.2 Å². The van der Waals surface area contributed by atoms with Crippen LogP contribution in [0.25, 0.3) is 0 Å². The summed E-state index contributed by atoms with van der Waals surface area (Å²) in [5.41, 5.74) is 0.0674. The monoisotopic (exact) mass is 352 g/mol. The molecule has 0 saturated carbocycles. The van der Waals surface area contributed by atoms with Gasteiger partial charge in [-0.05, 0) is 13.0 Å². The van der Waals surface area contributed by atoms with Gasteiger partial charge in [0.15, 0.2) is 0 Å². The van der Waals surface area contributed by atoms with Gasteiger partial charge in [0.25, 0.3) is 5.69 Å². The first-order chi connectivity index (χ1) is 12.0. The van der Waals surface area contributed by atoms with Gasteiger partial charge in [-0.2, -0.15) is 0 Å². The minimum atomic E-state index is -0.548. The molecular formula is C15H20N4O6. The summed E-state index contributed by atoms with van der Waals surface area (Å²) < 4.78 is 10.0. The van der Waals surface area contributed by atoms with E-state index in [1.165, 1.54) is 35.1 Å². The molecule has 3 amide bonds. The maximum atomic E-state index is 12.4. The Balaban J connectivity index is 2.00. The second kappa shape index (κ2) is 8.18. The summed E-state index contributed by atoms with van der Waals surface area (Å²) in [4.78, 5) is 37.4. The number of nitro groups is 1. The quantitative estimate of drug-likeness (QED) is 0.654. The lowest BCUT2D eigenvalue weighted by Crippen LogP contribution is -2.51. The highest BCUT2D eigenvalue weighted by Gasteiger charge is 2.25. The molecule has 1 heterocycles. The van der Waals surface area contributed by atoms with Crippen molar-refractivity contribution >= 4 is 23.5 Å². The molecule has 25 heavy (non-hydrogen) atoms. The van der Waals surface area contributed by atoms with E-state index in [0.29, 0.717) is 38.5 Å². The predicted octanol–water partition coefficient (Wildman–Crippen LogP) is 1.91. The summed E-state index contributed by atoms with van der Waals surface area (Å²) in [6.45, 7) is 3.42. The Labute approximate surface area is 144 Å². The summed E-state index contributed by atoms with van der Waals surface area (Å²) in [6.07, 6.45) is -0.400. The molecule has 0 bridgehead atoms. The van der Waals surface area contributed by atoms with Crippen molar-refractivity contribution in [2.75, 3.05) is 45.2 Å². The number of methoxy groups -OCH3 is 1. The molecule has 0 atom stereocenters. The summed E-state index contributed by atoms with van der Waals surface area (Å²) in [7, 11) is 1.41. The summed E-state index contributed by atoms with van der Waals surface area (Å²) in [6, 6.07) is 3.55. The zero-order chi connectivity index (χ0) is 18.4. The second-order valence-electron chi connectivity index (χ2n) is 5.24. The fraction of sp³-hybridized carbons (Fsp3) is 0.467. The number of hydrogen-bond donors (Lipinski definition) is 1. The molecule has 1 saturated heterocycles. The standard InChI is InChI=1S/C15H20N4O6/c1-3-25-15(21)18-8-6-17(7-9-18)14(20)16-12-10-11(19(22)23)4-5-13(12)24-2/h4-5,10H,3,6-9H2,1-2H3,(H,16,20). The van der Waals surface area contributed by atoms with Crippen molar-refractivity contribution in [1.82, 2.24) is 9.80 Å². The molecule has 1 aromatic rings. The van der Waals surface area contributed by atoms with E-state index in [2.05, 4.69) is 5.32 Å². The SMILES string of the molecule is CCOC(=O)N1CCN(C(=O)Nc2cc([N+](=O)[O-])ccc2OC)CC1. The Hall–Kier alpha value is -3.04. The number of nitrogens with one attached hydrogen (secondary N) is 1. The smallest absolute Gasteiger partial charge is 0.409 e. The number of carbonyl (C=O) groups is 2. The number of piperazine rings is 1. The Bertz CT molecular complexity index is 657. The number of hydrogen-bond acceptors (Lipinski definition) is 6. The normalized spacial score (nSPS) is 14.0. The van der Waals surface area contributed by atoms with E-state index in [-0.39, 0.29) is 11.4 Å². The van der Waals surface area contributed by atoms with Gasteiger partial charge in [-0.1, -0.05) is 0 Å². The Morgan fingerprint density at radius 3 is 2.44 bits per heavy atom. The number of non-ortho nitro benzene ring substituents is 1. The maximum absolute atomic E-state index is 12.4. The average Bonchev–Trinajstić information content (AvgIpc) is 2.61. The van der Waals surface area contributed by atoms with E-state index in [4.69, 9.17) is 9.47 Å². The van der Waals surface area contributed by atoms with Crippen molar-refractivity contribution in [3.8, 4) is 5.75 Å². The van der Waals surface area contributed by atoms with Gasteiger partial charge >= 0.3 is 12.1 Å². The van der Waals surface area contributed by atoms with Gasteiger partial charge in [0, 0.05) is 38.3 Å². The average molecular weight is 352 g/mol. The van der Waals surface area contributed by atoms with Gasteiger partial charge in [0.2, 0.25) is 0 Å². The third-order valence-corrected chi connectivity index (χ3v) is 3.73. The van der Waals surface area contributed by atoms with Crippen LogP contribution in [0, 0.1) is 10.1 Å². The minimum absolute atomic E-state index is 0.150. The highest BCUT2D eigenvalue weighted by atomic mass is 16.6. The molecule has 0 spiro atoms. The summed E-state index contributed by atoms with van der Waals surface area (Å²) >= 11 is 0. The number of carbonyl (C=O) groups excluding carboxylic acids is 2. The van der Waals surface area contributed by atoms with E-state index in [1.807, 2.05) is 0 Å². The van der Waals surface area contributed by atoms with Gasteiger partial charge in [-0.15, -0.1) is 0 Å². The molecule has 1 N–H and O–H groups in total. The van der Waals surface area contributed by atoms with Crippen molar-refractivity contribution in [3.05, 3.63) is 28.3 Å². The lowest BCUT2D eigenvalue weighted by Gasteiger charge is -2.34. The second-order valence-corrected chi connectivity index (χ2v) is 5.24. The largest absolute Gasteiger partial charge is 0.495 e. The number of rotatable bonds is 4. The molecular weight excluding hydrogens is 332 g/mol. The molecule has 1 fully saturated rings. The molecule has 1 aliphatic rings. The van der Waals surface area contributed by atoms with Crippen molar-refractivity contribution in [1.29, 1.82) is 0 Å². The molecule has 10 nitrogen and oxygen atoms in total. The summed E-state index contributed by atoms with van der Waals surface area (Å²) in [5.74, 6) is 0.323. The van der Waals surface area contributed by atoms with Crippen molar-refractivity contribution < 1.29 is 24.0 Å². The zero-order valence-corrected chi connectivity index (χ0v) is 14.1. The molecule has 136 valence electrons. The number of nitro benzene ring substituents is 1. The molecule has 10 heteroatoms. The molecule has 1 aromatic carbocycles. The first-order valence-corrected chi connectivity index (χ1v) is 7.76. The number of benzene rings is 1. The van der Waals surface area contributed by atoms with Crippen LogP contribution in [0.2, 0.25) is 0 Å². The highest BCUT2D eigenvalue weighted by Crippen LogP contribution is 2.29. The third kappa shape index (κ3) is 4.49. The van der Waals surface area contributed by atoms with Gasteiger partial charge < -0.3 is 24.6 Å². The Kier molecular flexibility index (Phi) is 5.98. The van der Waals surface area contributed by atoms with Crippen LogP contribution in [-0.2, 0) is 4.74 Å². The fourth-order valence-corrected chi connectivity index (χ4v) is 2.41. The number of urea groups is 1. The first kappa shape index (κ1) is 18.3. The van der Waals surface area contributed by atoms with Gasteiger partial charge in [0.1, 0.15) is 5.75 Å². The summed E-state index contributed by atoms with van der Waals surface area (Å²) in [5, 5.41) is 13.5. The van der Waals surface area contributed by atoms with Crippen LogP contribution in [0.1, 0.15) is 6.92 Å². The van der Waals surface area contributed by atoms with E-state index < -0.39 is 17.0 Å². The fourth-order valence-electron chi connectivity index (χ4n) is 2.41. The van der Waals surface area contributed by atoms with Crippen LogP contribution in [-0.4, -0.2) is 66.7 Å². The van der Waals surface area contributed by atoms with Gasteiger partial charge in [-0.25, -0.2) is 9.59 Å². The Morgan fingerprint density at radius 2 is 1.88 bits per heavy atom. The van der Waals surface area contributed by atoms with E-state index in [9.17, 15) is 19.7 Å². The van der Waals surface area contributed by atoms with E-state index >= 15 is 0 Å². The van der Waals surface area contributed by atoms with Gasteiger partial charge in [-0.3, -0.25) is 10.1 Å². The maximum Gasteiger partial charge on any atom is 0.409 e.